The van der Waals surface area contributed by atoms with Crippen molar-refractivity contribution < 1.29 is 9.18 Å². The van der Waals surface area contributed by atoms with E-state index in [1.807, 2.05) is 37.3 Å². The molecule has 2 aliphatic rings. The zero-order valence-electron chi connectivity index (χ0n) is 25.2. The summed E-state index contributed by atoms with van der Waals surface area (Å²) in [6.45, 7) is 9.23. The van der Waals surface area contributed by atoms with E-state index in [2.05, 4.69) is 52.6 Å². The number of alkyl halides is 1. The van der Waals surface area contributed by atoms with Crippen LogP contribution in [-0.4, -0.2) is 74.4 Å². The predicted molar refractivity (Wildman–Crippen MR) is 171 cm³/mol. The van der Waals surface area contributed by atoms with Gasteiger partial charge >= 0.3 is 0 Å². The molecule has 2 fully saturated rings. The van der Waals surface area contributed by atoms with Crippen LogP contribution in [0.3, 0.4) is 0 Å². The van der Waals surface area contributed by atoms with Crippen LogP contribution in [0.25, 0.3) is 11.3 Å². The number of benzene rings is 2. The maximum Gasteiger partial charge on any atom is 0.255 e. The molecular formula is C33H38FN9O. The molecule has 228 valence electrons. The third-order valence-electron chi connectivity index (χ3n) is 8.25. The van der Waals surface area contributed by atoms with Crippen molar-refractivity contribution in [1.29, 1.82) is 0 Å². The Morgan fingerprint density at radius 1 is 0.955 bits per heavy atom. The molecule has 1 aliphatic heterocycles. The molecule has 0 bridgehead atoms. The standard InChI is InChI=1S/C33H38FN9O/c1-3-42-10-12-43(13-11-42)19-24-6-5-23(14-25(24)17-34)33(44)40-27-7-4-22(2)29(15-27)41-32-28(18-35-20-38-32)30-16-31(37-21-36-30)39-26-8-9-26/h4-7,14-16,18,20-21,26H,3,8-13,17,19H2,1-2H3,(H,40,44)(H,35,38,41)(H,36,37,39). The van der Waals surface area contributed by atoms with E-state index in [0.717, 1.165) is 73.8 Å². The predicted octanol–water partition coefficient (Wildman–Crippen LogP) is 5.42. The second-order valence-electron chi connectivity index (χ2n) is 11.4. The molecule has 6 rings (SSSR count). The van der Waals surface area contributed by atoms with E-state index in [-0.39, 0.29) is 5.91 Å². The molecule has 1 amide bonds. The van der Waals surface area contributed by atoms with Crippen LogP contribution in [0.15, 0.2) is 61.3 Å². The second kappa shape index (κ2) is 13.4. The first-order valence-corrected chi connectivity index (χ1v) is 15.2. The monoisotopic (exact) mass is 595 g/mol. The third kappa shape index (κ3) is 7.17. The highest BCUT2D eigenvalue weighted by Crippen LogP contribution is 2.31. The molecule has 4 aromatic rings. The van der Waals surface area contributed by atoms with Gasteiger partial charge in [0.25, 0.3) is 5.91 Å². The molecule has 44 heavy (non-hydrogen) atoms. The van der Waals surface area contributed by atoms with E-state index >= 15 is 0 Å². The molecule has 0 radical (unpaired) electrons. The number of rotatable bonds is 11. The fourth-order valence-corrected chi connectivity index (χ4v) is 5.35. The molecule has 1 saturated heterocycles. The van der Waals surface area contributed by atoms with Crippen molar-refractivity contribution in [2.24, 2.45) is 0 Å². The van der Waals surface area contributed by atoms with Crippen molar-refractivity contribution >= 4 is 28.9 Å². The van der Waals surface area contributed by atoms with Crippen LogP contribution < -0.4 is 16.0 Å². The number of carbonyl (C=O) groups is 1. The first-order valence-electron chi connectivity index (χ1n) is 15.2. The number of nitrogens with one attached hydrogen (secondary N) is 3. The summed E-state index contributed by atoms with van der Waals surface area (Å²) in [5.41, 5.74) is 5.68. The van der Waals surface area contributed by atoms with E-state index in [4.69, 9.17) is 0 Å². The fourth-order valence-electron chi connectivity index (χ4n) is 5.35. The molecule has 10 nitrogen and oxygen atoms in total. The topological polar surface area (TPSA) is 111 Å². The van der Waals surface area contributed by atoms with Gasteiger partial charge in [0, 0.05) is 68.0 Å². The van der Waals surface area contributed by atoms with Crippen molar-refractivity contribution in [3.63, 3.8) is 0 Å². The van der Waals surface area contributed by atoms with Gasteiger partial charge in [0.05, 0.1) is 11.3 Å². The zero-order chi connectivity index (χ0) is 30.5. The average molecular weight is 596 g/mol. The summed E-state index contributed by atoms with van der Waals surface area (Å²) in [6, 6.07) is 13.3. The van der Waals surface area contributed by atoms with Crippen LogP contribution in [-0.2, 0) is 13.2 Å². The largest absolute Gasteiger partial charge is 0.367 e. The van der Waals surface area contributed by atoms with Gasteiger partial charge in [-0.25, -0.2) is 24.3 Å². The zero-order valence-corrected chi connectivity index (χ0v) is 25.2. The summed E-state index contributed by atoms with van der Waals surface area (Å²) < 4.78 is 14.1. The van der Waals surface area contributed by atoms with Crippen LogP contribution in [0.2, 0.25) is 0 Å². The number of amides is 1. The number of anilines is 4. The van der Waals surface area contributed by atoms with Crippen molar-refractivity contribution in [2.45, 2.75) is 46.0 Å². The minimum atomic E-state index is -0.615. The lowest BCUT2D eigenvalue weighted by molar-refractivity contribution is 0.102. The molecule has 1 aliphatic carbocycles. The van der Waals surface area contributed by atoms with Gasteiger partial charge in [0.1, 0.15) is 31.0 Å². The molecule has 3 heterocycles. The molecule has 3 N–H and O–H groups in total. The quantitative estimate of drug-likeness (QED) is 0.209. The lowest BCUT2D eigenvalue weighted by Crippen LogP contribution is -2.45. The Balaban J connectivity index is 1.15. The van der Waals surface area contributed by atoms with Crippen LogP contribution in [0.4, 0.5) is 27.4 Å². The van der Waals surface area contributed by atoms with E-state index in [1.165, 1.54) is 12.7 Å². The number of aromatic nitrogens is 4. The lowest BCUT2D eigenvalue weighted by Gasteiger charge is -2.34. The first-order chi connectivity index (χ1) is 21.5. The summed E-state index contributed by atoms with van der Waals surface area (Å²) in [4.78, 5) is 35.5. The maximum absolute atomic E-state index is 14.1. The molecule has 0 unspecified atom stereocenters. The normalized spacial score (nSPS) is 15.6. The number of halogens is 1. The van der Waals surface area contributed by atoms with Crippen molar-refractivity contribution in [3.8, 4) is 11.3 Å². The van der Waals surface area contributed by atoms with Gasteiger partial charge in [-0.05, 0) is 67.3 Å². The van der Waals surface area contributed by atoms with Crippen LogP contribution in [0, 0.1) is 6.92 Å². The number of carbonyl (C=O) groups excluding carboxylic acids is 1. The summed E-state index contributed by atoms with van der Waals surface area (Å²) >= 11 is 0. The highest BCUT2D eigenvalue weighted by molar-refractivity contribution is 6.04. The average Bonchev–Trinajstić information content (AvgIpc) is 3.87. The highest BCUT2D eigenvalue weighted by Gasteiger charge is 2.22. The molecule has 2 aromatic heterocycles. The van der Waals surface area contributed by atoms with Gasteiger partial charge in [0.15, 0.2) is 0 Å². The van der Waals surface area contributed by atoms with Gasteiger partial charge in [-0.15, -0.1) is 0 Å². The van der Waals surface area contributed by atoms with Crippen LogP contribution in [0.1, 0.15) is 46.8 Å². The SMILES string of the molecule is CCN1CCN(Cc2ccc(C(=O)Nc3ccc(C)c(Nc4ncncc4-c4cc(NC5CC5)ncn4)c3)cc2CF)CC1. The Kier molecular flexibility index (Phi) is 9.04. The number of hydrogen-bond donors (Lipinski definition) is 3. The van der Waals surface area contributed by atoms with Gasteiger partial charge in [0.2, 0.25) is 0 Å². The smallest absolute Gasteiger partial charge is 0.255 e. The Morgan fingerprint density at radius 3 is 2.55 bits per heavy atom. The van der Waals surface area contributed by atoms with E-state index in [9.17, 15) is 9.18 Å². The maximum atomic E-state index is 14.1. The van der Waals surface area contributed by atoms with Gasteiger partial charge in [-0.2, -0.15) is 0 Å². The fraction of sp³-hybridized carbons (Fsp3) is 0.364. The summed E-state index contributed by atoms with van der Waals surface area (Å²) in [5.74, 6) is 1.06. The van der Waals surface area contributed by atoms with Gasteiger partial charge in [-0.3, -0.25) is 9.69 Å². The summed E-state index contributed by atoms with van der Waals surface area (Å²) in [6.07, 6.45) is 7.02. The number of piperazine rings is 1. The first kappa shape index (κ1) is 29.6. The van der Waals surface area contributed by atoms with E-state index in [1.54, 1.807) is 18.3 Å². The molecule has 0 spiro atoms. The van der Waals surface area contributed by atoms with E-state index in [0.29, 0.717) is 40.9 Å². The highest BCUT2D eigenvalue weighted by atomic mass is 19.1. The van der Waals surface area contributed by atoms with E-state index < -0.39 is 6.67 Å². The Labute approximate surface area is 257 Å². The molecule has 2 aromatic carbocycles. The minimum absolute atomic E-state index is 0.294. The summed E-state index contributed by atoms with van der Waals surface area (Å²) in [7, 11) is 0. The van der Waals surface area contributed by atoms with Crippen molar-refractivity contribution in [2.75, 3.05) is 48.7 Å². The molecule has 11 heteroatoms. The third-order valence-corrected chi connectivity index (χ3v) is 8.25. The Bertz CT molecular complexity index is 1620. The molecule has 0 atom stereocenters. The number of aryl methyl sites for hydroxylation is 1. The van der Waals surface area contributed by atoms with Crippen LogP contribution in [0.5, 0.6) is 0 Å². The van der Waals surface area contributed by atoms with Gasteiger partial charge < -0.3 is 20.9 Å². The molecular weight excluding hydrogens is 557 g/mol. The molecule has 1 saturated carbocycles. The number of nitrogens with zero attached hydrogens (tertiary/aromatic N) is 6. The lowest BCUT2D eigenvalue weighted by atomic mass is 10.0. The van der Waals surface area contributed by atoms with Crippen molar-refractivity contribution in [3.05, 3.63) is 83.6 Å². The number of likely N-dealkylation sites (N-methyl/N-ethyl adjacent to an activating group) is 1. The Morgan fingerprint density at radius 2 is 1.77 bits per heavy atom. The van der Waals surface area contributed by atoms with Crippen LogP contribution >= 0.6 is 0 Å². The second-order valence-corrected chi connectivity index (χ2v) is 11.4. The number of hydrogen-bond acceptors (Lipinski definition) is 9. The van der Waals surface area contributed by atoms with Crippen molar-refractivity contribution in [1.82, 2.24) is 29.7 Å². The summed E-state index contributed by atoms with van der Waals surface area (Å²) in [5, 5.41) is 9.77. The van der Waals surface area contributed by atoms with Gasteiger partial charge in [-0.1, -0.05) is 19.1 Å². The minimum Gasteiger partial charge on any atom is -0.367 e. The Hall–Kier alpha value is -4.48.